The Morgan fingerprint density at radius 3 is 2.50 bits per heavy atom. The van der Waals surface area contributed by atoms with Gasteiger partial charge in [0.25, 0.3) is 5.91 Å². The van der Waals surface area contributed by atoms with Crippen molar-refractivity contribution < 1.29 is 19.1 Å². The van der Waals surface area contributed by atoms with Crippen molar-refractivity contribution >= 4 is 23.5 Å². The number of ether oxygens (including phenoxy) is 2. The van der Waals surface area contributed by atoms with E-state index in [9.17, 15) is 9.59 Å². The molecule has 0 aliphatic rings. The summed E-state index contributed by atoms with van der Waals surface area (Å²) < 4.78 is 11.8. The molecule has 0 unspecified atom stereocenters. The molecule has 0 saturated heterocycles. The fourth-order valence-electron chi connectivity index (χ4n) is 2.42. The van der Waals surface area contributed by atoms with E-state index < -0.39 is 18.5 Å². The van der Waals surface area contributed by atoms with Crippen LogP contribution in [0.15, 0.2) is 60.8 Å². The molecule has 0 aliphatic heterocycles. The van der Waals surface area contributed by atoms with Gasteiger partial charge in [0.15, 0.2) is 12.4 Å². The van der Waals surface area contributed by atoms with Gasteiger partial charge in [-0.15, -0.1) is 0 Å². The monoisotopic (exact) mass is 399 g/mol. The molecule has 0 spiro atoms. The van der Waals surface area contributed by atoms with Crippen molar-refractivity contribution in [1.29, 1.82) is 0 Å². The summed E-state index contributed by atoms with van der Waals surface area (Å²) >= 11 is 5.82. The zero-order valence-corrected chi connectivity index (χ0v) is 15.8. The van der Waals surface area contributed by atoms with Crippen LogP contribution in [-0.2, 0) is 16.1 Å². The molecular formula is C20H18ClN3O4. The number of esters is 1. The number of aromatic nitrogens is 2. The van der Waals surface area contributed by atoms with Gasteiger partial charge < -0.3 is 14.8 Å². The molecular weight excluding hydrogens is 382 g/mol. The second-order valence-corrected chi connectivity index (χ2v) is 6.24. The van der Waals surface area contributed by atoms with Gasteiger partial charge in [0.05, 0.1) is 19.0 Å². The smallest absolute Gasteiger partial charge is 0.363 e. The number of benzene rings is 2. The molecule has 7 nitrogen and oxygen atoms in total. The van der Waals surface area contributed by atoms with Crippen LogP contribution in [-0.4, -0.2) is 35.4 Å². The van der Waals surface area contributed by atoms with Crippen molar-refractivity contribution in [2.75, 3.05) is 13.7 Å². The van der Waals surface area contributed by atoms with Crippen molar-refractivity contribution in [3.05, 3.63) is 77.1 Å². The molecule has 3 rings (SSSR count). The lowest BCUT2D eigenvalue weighted by Gasteiger charge is -2.06. The first-order valence-corrected chi connectivity index (χ1v) is 8.82. The average Bonchev–Trinajstić information content (AvgIpc) is 3.17. The van der Waals surface area contributed by atoms with Crippen LogP contribution in [0.25, 0.3) is 5.69 Å². The number of hydrogen-bond acceptors (Lipinski definition) is 5. The van der Waals surface area contributed by atoms with Crippen LogP contribution in [0.1, 0.15) is 16.1 Å². The van der Waals surface area contributed by atoms with Gasteiger partial charge in [-0.3, -0.25) is 4.79 Å². The van der Waals surface area contributed by atoms with Gasteiger partial charge >= 0.3 is 5.97 Å². The van der Waals surface area contributed by atoms with E-state index in [0.717, 1.165) is 11.3 Å². The molecule has 0 radical (unpaired) electrons. The molecule has 1 amide bonds. The summed E-state index contributed by atoms with van der Waals surface area (Å²) in [5.41, 5.74) is 1.64. The molecule has 1 heterocycles. The predicted octanol–water partition coefficient (Wildman–Crippen LogP) is 3.01. The lowest BCUT2D eigenvalue weighted by Crippen LogP contribution is -2.28. The van der Waals surface area contributed by atoms with E-state index in [2.05, 4.69) is 10.4 Å². The highest BCUT2D eigenvalue weighted by molar-refractivity contribution is 6.30. The molecule has 2 aromatic carbocycles. The summed E-state index contributed by atoms with van der Waals surface area (Å²) in [5, 5.41) is 7.49. The predicted molar refractivity (Wildman–Crippen MR) is 104 cm³/mol. The van der Waals surface area contributed by atoms with Crippen molar-refractivity contribution in [1.82, 2.24) is 15.1 Å². The van der Waals surface area contributed by atoms with E-state index in [1.54, 1.807) is 30.5 Å². The first kappa shape index (κ1) is 19.4. The lowest BCUT2D eigenvalue weighted by molar-refractivity contribution is -0.124. The molecule has 8 heteroatoms. The van der Waals surface area contributed by atoms with Gasteiger partial charge in [0, 0.05) is 11.6 Å². The van der Waals surface area contributed by atoms with Crippen molar-refractivity contribution in [2.45, 2.75) is 6.54 Å². The number of methoxy groups -OCH3 is 1. The minimum absolute atomic E-state index is 0.00291. The molecule has 1 aromatic heterocycles. The summed E-state index contributed by atoms with van der Waals surface area (Å²) in [5.74, 6) is -0.909. The first-order valence-electron chi connectivity index (χ1n) is 8.44. The van der Waals surface area contributed by atoms with Gasteiger partial charge in [-0.25, -0.2) is 9.48 Å². The Morgan fingerprint density at radius 2 is 1.82 bits per heavy atom. The second kappa shape index (κ2) is 9.05. The second-order valence-electron chi connectivity index (χ2n) is 5.81. The third-order valence-electron chi connectivity index (χ3n) is 3.85. The molecule has 1 N–H and O–H groups in total. The highest BCUT2D eigenvalue weighted by Crippen LogP contribution is 2.20. The molecule has 0 aliphatic carbocycles. The molecule has 144 valence electrons. The third kappa shape index (κ3) is 4.89. The number of carbonyl (C=O) groups excluding carboxylic acids is 2. The van der Waals surface area contributed by atoms with Crippen LogP contribution >= 0.6 is 11.6 Å². The number of amides is 1. The summed E-state index contributed by atoms with van der Waals surface area (Å²) in [6.45, 7) is -0.118. The average molecular weight is 400 g/mol. The first-order chi connectivity index (χ1) is 13.6. The Balaban J connectivity index is 1.57. The van der Waals surface area contributed by atoms with E-state index in [1.807, 2.05) is 30.3 Å². The Kier molecular flexibility index (Phi) is 6.29. The van der Waals surface area contributed by atoms with E-state index in [4.69, 9.17) is 21.1 Å². The van der Waals surface area contributed by atoms with Crippen molar-refractivity contribution in [3.8, 4) is 11.4 Å². The zero-order valence-electron chi connectivity index (χ0n) is 15.1. The molecule has 3 aromatic rings. The zero-order chi connectivity index (χ0) is 19.9. The lowest BCUT2D eigenvalue weighted by atomic mass is 10.2. The normalized spacial score (nSPS) is 10.4. The highest BCUT2D eigenvalue weighted by atomic mass is 35.5. The van der Waals surface area contributed by atoms with E-state index in [-0.39, 0.29) is 11.4 Å². The Hall–Kier alpha value is -3.32. The van der Waals surface area contributed by atoms with Gasteiger partial charge in [-0.2, -0.15) is 5.10 Å². The molecule has 0 atom stereocenters. The maximum atomic E-state index is 12.3. The van der Waals surface area contributed by atoms with Crippen molar-refractivity contribution in [2.24, 2.45) is 0 Å². The Bertz CT molecular complexity index is 955. The van der Waals surface area contributed by atoms with Crippen LogP contribution < -0.4 is 10.1 Å². The van der Waals surface area contributed by atoms with Gasteiger partial charge in [0.2, 0.25) is 5.69 Å². The number of carbonyl (C=O) groups is 2. The number of rotatable bonds is 7. The van der Waals surface area contributed by atoms with Crippen LogP contribution in [0.5, 0.6) is 5.75 Å². The number of nitrogens with zero attached hydrogens (tertiary/aromatic N) is 2. The molecule has 28 heavy (non-hydrogen) atoms. The van der Waals surface area contributed by atoms with Gasteiger partial charge in [-0.1, -0.05) is 41.9 Å². The van der Waals surface area contributed by atoms with Crippen LogP contribution in [0.2, 0.25) is 5.02 Å². The van der Waals surface area contributed by atoms with E-state index in [0.29, 0.717) is 11.6 Å². The topological polar surface area (TPSA) is 82.5 Å². The fraction of sp³-hybridized carbons (Fsp3) is 0.150. The van der Waals surface area contributed by atoms with E-state index in [1.165, 1.54) is 11.8 Å². The highest BCUT2D eigenvalue weighted by Gasteiger charge is 2.20. The van der Waals surface area contributed by atoms with Gasteiger partial charge in [0.1, 0.15) is 0 Å². The number of para-hydroxylation sites is 1. The maximum Gasteiger partial charge on any atom is 0.363 e. The standard InChI is InChI=1S/C20H18ClN3O4/c1-27-17-12-24(16-5-3-2-4-6-16)23-19(17)20(26)28-13-18(25)22-11-14-7-9-15(21)10-8-14/h2-10,12H,11,13H2,1H3,(H,22,25). The fourth-order valence-corrected chi connectivity index (χ4v) is 2.54. The third-order valence-corrected chi connectivity index (χ3v) is 4.10. The van der Waals surface area contributed by atoms with Crippen LogP contribution in [0.3, 0.4) is 0 Å². The number of nitrogens with one attached hydrogen (secondary N) is 1. The van der Waals surface area contributed by atoms with Gasteiger partial charge in [-0.05, 0) is 29.8 Å². The summed E-state index contributed by atoms with van der Waals surface area (Å²) in [4.78, 5) is 24.2. The summed E-state index contributed by atoms with van der Waals surface area (Å²) in [7, 11) is 1.43. The SMILES string of the molecule is COc1cn(-c2ccccc2)nc1C(=O)OCC(=O)NCc1ccc(Cl)cc1. The summed E-state index contributed by atoms with van der Waals surface area (Å²) in [6.07, 6.45) is 1.58. The Morgan fingerprint density at radius 1 is 1.11 bits per heavy atom. The largest absolute Gasteiger partial charge is 0.493 e. The minimum Gasteiger partial charge on any atom is -0.493 e. The number of hydrogen-bond donors (Lipinski definition) is 1. The molecule has 0 saturated carbocycles. The van der Waals surface area contributed by atoms with Crippen LogP contribution in [0.4, 0.5) is 0 Å². The summed E-state index contributed by atoms with van der Waals surface area (Å²) in [6, 6.07) is 16.3. The van der Waals surface area contributed by atoms with E-state index >= 15 is 0 Å². The Labute approximate surface area is 166 Å². The molecule has 0 bridgehead atoms. The number of halogens is 1. The van der Waals surface area contributed by atoms with Crippen molar-refractivity contribution in [3.63, 3.8) is 0 Å². The van der Waals surface area contributed by atoms with Crippen LogP contribution in [0, 0.1) is 0 Å². The minimum atomic E-state index is -0.742. The maximum absolute atomic E-state index is 12.3. The molecule has 0 fully saturated rings. The quantitative estimate of drug-likeness (QED) is 0.617.